The molecule has 96 valence electrons. The predicted molar refractivity (Wildman–Crippen MR) is 66.2 cm³/mol. The van der Waals surface area contributed by atoms with Gasteiger partial charge in [0.2, 0.25) is 11.8 Å². The van der Waals surface area contributed by atoms with Gasteiger partial charge in [0.15, 0.2) is 0 Å². The van der Waals surface area contributed by atoms with Crippen LogP contribution in [-0.2, 0) is 9.59 Å². The maximum Gasteiger partial charge on any atom is 0.244 e. The minimum absolute atomic E-state index is 0.0262. The fourth-order valence-corrected chi connectivity index (χ4v) is 1.88. The Hall–Kier alpha value is -1.36. The molecule has 0 aliphatic carbocycles. The smallest absolute Gasteiger partial charge is 0.244 e. The molecule has 0 aromatic rings. The van der Waals surface area contributed by atoms with Crippen LogP contribution in [0.1, 0.15) is 26.2 Å². The van der Waals surface area contributed by atoms with E-state index in [9.17, 15) is 9.59 Å². The third-order valence-corrected chi connectivity index (χ3v) is 2.90. The quantitative estimate of drug-likeness (QED) is 0.664. The second kappa shape index (κ2) is 6.39. The summed E-state index contributed by atoms with van der Waals surface area (Å²) in [4.78, 5) is 25.3. The zero-order valence-electron chi connectivity index (χ0n) is 10.3. The highest BCUT2D eigenvalue weighted by atomic mass is 16.2. The second-order valence-electron chi connectivity index (χ2n) is 4.39. The van der Waals surface area contributed by atoms with E-state index >= 15 is 0 Å². The summed E-state index contributed by atoms with van der Waals surface area (Å²) in [6.07, 6.45) is 4.10. The maximum atomic E-state index is 11.9. The van der Waals surface area contributed by atoms with E-state index < -0.39 is 12.1 Å². The molecule has 1 rings (SSSR count). The van der Waals surface area contributed by atoms with Gasteiger partial charge in [-0.05, 0) is 26.2 Å². The number of amides is 2. The lowest BCUT2D eigenvalue weighted by atomic mass is 10.2. The van der Waals surface area contributed by atoms with Crippen LogP contribution in [0.15, 0.2) is 12.7 Å². The predicted octanol–water partition coefficient (Wildman–Crippen LogP) is 0.0169. The van der Waals surface area contributed by atoms with Gasteiger partial charge in [0.05, 0.1) is 6.04 Å². The van der Waals surface area contributed by atoms with Gasteiger partial charge in [0.1, 0.15) is 6.04 Å². The molecule has 0 saturated carbocycles. The molecular weight excluding hydrogens is 218 g/mol. The molecule has 2 unspecified atom stereocenters. The lowest BCUT2D eigenvalue weighted by Crippen LogP contribution is -2.50. The topological polar surface area (TPSA) is 75.4 Å². The Kier molecular flexibility index (Phi) is 5.15. The molecule has 2 atom stereocenters. The summed E-state index contributed by atoms with van der Waals surface area (Å²) in [6.45, 7) is 6.80. The Labute approximate surface area is 102 Å². The van der Waals surface area contributed by atoms with Crippen molar-refractivity contribution >= 4 is 11.8 Å². The molecule has 1 heterocycles. The van der Waals surface area contributed by atoms with Gasteiger partial charge in [-0.2, -0.15) is 0 Å². The van der Waals surface area contributed by atoms with Crippen LogP contribution in [0.5, 0.6) is 0 Å². The van der Waals surface area contributed by atoms with Crippen LogP contribution in [0.4, 0.5) is 0 Å². The molecule has 1 saturated heterocycles. The van der Waals surface area contributed by atoms with Crippen molar-refractivity contribution < 1.29 is 9.59 Å². The van der Waals surface area contributed by atoms with Gasteiger partial charge in [0, 0.05) is 13.1 Å². The first-order valence-corrected chi connectivity index (χ1v) is 6.02. The van der Waals surface area contributed by atoms with Gasteiger partial charge in [0.25, 0.3) is 0 Å². The fraction of sp³-hybridized carbons (Fsp3) is 0.667. The minimum atomic E-state index is -0.624. The van der Waals surface area contributed by atoms with Crippen molar-refractivity contribution in [2.24, 2.45) is 5.73 Å². The molecule has 0 bridgehead atoms. The standard InChI is InChI=1S/C12H21N3O2/c1-3-6-10(13)11(16)14-9(2)12(17)15-7-4-5-8-15/h3,9-10H,1,4-8,13H2,2H3,(H,14,16). The summed E-state index contributed by atoms with van der Waals surface area (Å²) in [7, 11) is 0. The summed E-state index contributed by atoms with van der Waals surface area (Å²) < 4.78 is 0. The highest BCUT2D eigenvalue weighted by Crippen LogP contribution is 2.09. The van der Waals surface area contributed by atoms with Crippen LogP contribution in [0.3, 0.4) is 0 Å². The van der Waals surface area contributed by atoms with E-state index in [-0.39, 0.29) is 11.8 Å². The summed E-state index contributed by atoms with van der Waals surface area (Å²) in [5.74, 6) is -0.327. The Morgan fingerprint density at radius 1 is 1.47 bits per heavy atom. The Balaban J connectivity index is 2.41. The van der Waals surface area contributed by atoms with Crippen LogP contribution in [-0.4, -0.2) is 41.9 Å². The third-order valence-electron chi connectivity index (χ3n) is 2.90. The van der Waals surface area contributed by atoms with E-state index in [1.165, 1.54) is 0 Å². The van der Waals surface area contributed by atoms with Gasteiger partial charge in [-0.3, -0.25) is 9.59 Å². The van der Waals surface area contributed by atoms with E-state index in [0.29, 0.717) is 6.42 Å². The van der Waals surface area contributed by atoms with Gasteiger partial charge >= 0.3 is 0 Å². The van der Waals surface area contributed by atoms with Crippen molar-refractivity contribution in [3.05, 3.63) is 12.7 Å². The van der Waals surface area contributed by atoms with Crippen LogP contribution in [0.25, 0.3) is 0 Å². The average Bonchev–Trinajstić information content (AvgIpc) is 2.81. The van der Waals surface area contributed by atoms with Crippen molar-refractivity contribution in [1.82, 2.24) is 10.2 Å². The first kappa shape index (κ1) is 13.7. The summed E-state index contributed by atoms with van der Waals surface area (Å²) in [5, 5.41) is 2.64. The van der Waals surface area contributed by atoms with Crippen LogP contribution in [0.2, 0.25) is 0 Å². The highest BCUT2D eigenvalue weighted by molar-refractivity contribution is 5.89. The number of hydrogen-bond donors (Lipinski definition) is 2. The van der Waals surface area contributed by atoms with Gasteiger partial charge in [-0.25, -0.2) is 0 Å². The molecule has 1 fully saturated rings. The van der Waals surface area contributed by atoms with Crippen molar-refractivity contribution in [2.45, 2.75) is 38.3 Å². The van der Waals surface area contributed by atoms with E-state index in [1.807, 2.05) is 0 Å². The molecule has 17 heavy (non-hydrogen) atoms. The van der Waals surface area contributed by atoms with Gasteiger partial charge in [-0.15, -0.1) is 6.58 Å². The van der Waals surface area contributed by atoms with Crippen molar-refractivity contribution in [2.75, 3.05) is 13.1 Å². The number of carbonyl (C=O) groups is 2. The third kappa shape index (κ3) is 3.85. The largest absolute Gasteiger partial charge is 0.343 e. The maximum absolute atomic E-state index is 11.9. The van der Waals surface area contributed by atoms with E-state index in [0.717, 1.165) is 25.9 Å². The molecule has 2 amide bonds. The molecule has 1 aliphatic heterocycles. The fourth-order valence-electron chi connectivity index (χ4n) is 1.88. The zero-order chi connectivity index (χ0) is 12.8. The molecule has 1 aliphatic rings. The van der Waals surface area contributed by atoms with Gasteiger partial charge in [-0.1, -0.05) is 6.08 Å². The number of carbonyl (C=O) groups excluding carboxylic acids is 2. The number of nitrogens with one attached hydrogen (secondary N) is 1. The summed E-state index contributed by atoms with van der Waals surface area (Å²) in [6, 6.07) is -1.13. The highest BCUT2D eigenvalue weighted by Gasteiger charge is 2.25. The van der Waals surface area contributed by atoms with E-state index in [2.05, 4.69) is 11.9 Å². The summed E-state index contributed by atoms with van der Waals surface area (Å²) >= 11 is 0. The molecule has 0 radical (unpaired) electrons. The van der Waals surface area contributed by atoms with Crippen molar-refractivity contribution in [1.29, 1.82) is 0 Å². The molecule has 3 N–H and O–H groups in total. The normalized spacial score (nSPS) is 18.6. The molecule has 0 aromatic carbocycles. The van der Waals surface area contributed by atoms with Crippen LogP contribution in [0, 0.1) is 0 Å². The van der Waals surface area contributed by atoms with Crippen LogP contribution < -0.4 is 11.1 Å². The van der Waals surface area contributed by atoms with Crippen LogP contribution >= 0.6 is 0 Å². The number of nitrogens with two attached hydrogens (primary N) is 1. The van der Waals surface area contributed by atoms with E-state index in [4.69, 9.17) is 5.73 Å². The van der Waals surface area contributed by atoms with Crippen molar-refractivity contribution in [3.8, 4) is 0 Å². The number of nitrogens with zero attached hydrogens (tertiary/aromatic N) is 1. The Morgan fingerprint density at radius 2 is 2.06 bits per heavy atom. The molecular formula is C12H21N3O2. The number of hydrogen-bond acceptors (Lipinski definition) is 3. The van der Waals surface area contributed by atoms with Crippen molar-refractivity contribution in [3.63, 3.8) is 0 Å². The second-order valence-corrected chi connectivity index (χ2v) is 4.39. The Bertz CT molecular complexity index is 298. The first-order chi connectivity index (χ1) is 8.06. The van der Waals surface area contributed by atoms with Gasteiger partial charge < -0.3 is 16.0 Å². The summed E-state index contributed by atoms with van der Waals surface area (Å²) in [5.41, 5.74) is 5.62. The molecule has 5 nitrogen and oxygen atoms in total. The number of rotatable bonds is 5. The van der Waals surface area contributed by atoms with E-state index in [1.54, 1.807) is 17.9 Å². The Morgan fingerprint density at radius 3 is 2.59 bits per heavy atom. The average molecular weight is 239 g/mol. The lowest BCUT2D eigenvalue weighted by molar-refractivity contribution is -0.135. The monoisotopic (exact) mass is 239 g/mol. The molecule has 0 spiro atoms. The molecule has 0 aromatic heterocycles. The SMILES string of the molecule is C=CCC(N)C(=O)NC(C)C(=O)N1CCCC1. The number of likely N-dealkylation sites (tertiary alicyclic amines) is 1. The minimum Gasteiger partial charge on any atom is -0.343 e. The molecule has 5 heteroatoms. The lowest BCUT2D eigenvalue weighted by Gasteiger charge is -2.22. The zero-order valence-corrected chi connectivity index (χ0v) is 10.3. The first-order valence-electron chi connectivity index (χ1n) is 6.02.